The number of carbonyl (C=O) groups excluding carboxylic acids is 2. The van der Waals surface area contributed by atoms with Gasteiger partial charge in [-0.25, -0.2) is 0 Å². The van der Waals surface area contributed by atoms with Crippen LogP contribution in [0.4, 0.5) is 0 Å². The van der Waals surface area contributed by atoms with Gasteiger partial charge in [0.15, 0.2) is 17.8 Å². The first-order valence-corrected chi connectivity index (χ1v) is 10.7. The minimum Gasteiger partial charge on any atom is -0.494 e. The summed E-state index contributed by atoms with van der Waals surface area (Å²) < 4.78 is 22.0. The number of rotatable bonds is 11. The van der Waals surface area contributed by atoms with Crippen molar-refractivity contribution in [3.63, 3.8) is 0 Å². The van der Waals surface area contributed by atoms with Crippen molar-refractivity contribution in [2.24, 2.45) is 0 Å². The molecule has 1 aliphatic rings. The zero-order valence-electron chi connectivity index (χ0n) is 18.7. The number of benzene rings is 2. The number of ether oxygens (including phenoxy) is 4. The van der Waals surface area contributed by atoms with Crippen LogP contribution in [0.1, 0.15) is 43.0 Å². The van der Waals surface area contributed by atoms with Crippen LogP contribution in [-0.2, 0) is 20.7 Å². The number of hydrogen-bond donors (Lipinski definition) is 1. The lowest BCUT2D eigenvalue weighted by Gasteiger charge is -2.27. The second-order valence-electron chi connectivity index (χ2n) is 7.35. The van der Waals surface area contributed by atoms with Crippen molar-refractivity contribution in [3.05, 3.63) is 59.3 Å². The topological polar surface area (TPSA) is 83.1 Å². The summed E-state index contributed by atoms with van der Waals surface area (Å²) in [4.78, 5) is 22.6. The average Bonchev–Trinajstić information content (AvgIpc) is 2.79. The molecule has 1 unspecified atom stereocenters. The number of nitrogens with one attached hydrogen (secondary N) is 1. The van der Waals surface area contributed by atoms with E-state index in [2.05, 4.69) is 11.4 Å². The lowest BCUT2D eigenvalue weighted by Crippen LogP contribution is -2.24. The van der Waals surface area contributed by atoms with Gasteiger partial charge in [0.1, 0.15) is 5.75 Å². The van der Waals surface area contributed by atoms with Crippen LogP contribution >= 0.6 is 0 Å². The van der Waals surface area contributed by atoms with Gasteiger partial charge >= 0.3 is 5.97 Å². The Bertz CT molecular complexity index is 984. The van der Waals surface area contributed by atoms with Gasteiger partial charge in [0.2, 0.25) is 0 Å². The van der Waals surface area contributed by atoms with Crippen molar-refractivity contribution in [1.29, 1.82) is 0 Å². The van der Waals surface area contributed by atoms with Crippen molar-refractivity contribution >= 4 is 17.8 Å². The Hall–Kier alpha value is -3.48. The predicted octanol–water partition coefficient (Wildman–Crippen LogP) is 3.85. The van der Waals surface area contributed by atoms with E-state index in [0.29, 0.717) is 43.1 Å². The number of methoxy groups -OCH3 is 1. The van der Waals surface area contributed by atoms with Gasteiger partial charge in [-0.1, -0.05) is 12.1 Å². The summed E-state index contributed by atoms with van der Waals surface area (Å²) in [5.41, 5.74) is 3.43. The molecule has 0 spiro atoms. The molecule has 170 valence electrons. The molecule has 0 aromatic heterocycles. The Morgan fingerprint density at radius 3 is 2.69 bits per heavy atom. The molecule has 0 aliphatic carbocycles. The van der Waals surface area contributed by atoms with E-state index in [1.165, 1.54) is 6.92 Å². The van der Waals surface area contributed by atoms with Crippen molar-refractivity contribution in [2.75, 3.05) is 26.9 Å². The van der Waals surface area contributed by atoms with Crippen LogP contribution in [0, 0.1) is 0 Å². The maximum atomic E-state index is 11.7. The molecule has 7 heteroatoms. The number of esters is 1. The fourth-order valence-electron chi connectivity index (χ4n) is 3.63. The molecule has 2 aromatic carbocycles. The number of aldehydes is 1. The Morgan fingerprint density at radius 2 is 1.97 bits per heavy atom. The molecule has 32 heavy (non-hydrogen) atoms. The van der Waals surface area contributed by atoms with E-state index in [-0.39, 0.29) is 18.6 Å². The van der Waals surface area contributed by atoms with Crippen molar-refractivity contribution in [2.45, 2.75) is 32.7 Å². The normalized spacial score (nSPS) is 14.5. The third-order valence-electron chi connectivity index (χ3n) is 5.09. The summed E-state index contributed by atoms with van der Waals surface area (Å²) in [6.45, 7) is 4.58. The molecule has 2 aromatic rings. The van der Waals surface area contributed by atoms with E-state index in [1.54, 1.807) is 13.3 Å². The third-order valence-corrected chi connectivity index (χ3v) is 5.09. The molecule has 0 saturated carbocycles. The first-order valence-electron chi connectivity index (χ1n) is 10.7. The van der Waals surface area contributed by atoms with Crippen molar-refractivity contribution < 1.29 is 28.5 Å². The highest BCUT2D eigenvalue weighted by Gasteiger charge is 2.24. The summed E-state index contributed by atoms with van der Waals surface area (Å²) in [5, 5.41) is 3.34. The van der Waals surface area contributed by atoms with Crippen LogP contribution in [0.5, 0.6) is 17.2 Å². The molecule has 0 fully saturated rings. The number of allylic oxidation sites excluding steroid dienone is 1. The van der Waals surface area contributed by atoms with E-state index in [4.69, 9.17) is 18.9 Å². The Kier molecular flexibility index (Phi) is 8.14. The van der Waals surface area contributed by atoms with Crippen molar-refractivity contribution in [3.8, 4) is 17.2 Å². The number of fused-ring (bicyclic) bond motifs is 1. The van der Waals surface area contributed by atoms with Gasteiger partial charge in [-0.3, -0.25) is 9.59 Å². The Labute approximate surface area is 188 Å². The molecule has 0 bridgehead atoms. The highest BCUT2D eigenvalue weighted by atomic mass is 16.5. The molecule has 7 nitrogen and oxygen atoms in total. The molecule has 0 amide bonds. The quantitative estimate of drug-likeness (QED) is 0.323. The van der Waals surface area contributed by atoms with Gasteiger partial charge in [-0.05, 0) is 54.3 Å². The number of carbonyl (C=O) groups is 2. The summed E-state index contributed by atoms with van der Waals surface area (Å²) in [6.07, 6.45) is 3.83. The molecule has 1 atom stereocenters. The third kappa shape index (κ3) is 5.81. The summed E-state index contributed by atoms with van der Waals surface area (Å²) in [5.74, 6) is 1.64. The highest BCUT2D eigenvalue weighted by Crippen LogP contribution is 2.39. The van der Waals surface area contributed by atoms with E-state index in [9.17, 15) is 9.59 Å². The zero-order chi connectivity index (χ0) is 22.9. The van der Waals surface area contributed by atoms with E-state index < -0.39 is 0 Å². The highest BCUT2D eigenvalue weighted by molar-refractivity contribution is 6.08. The first-order chi connectivity index (χ1) is 15.5. The minimum atomic E-state index is -0.317. The van der Waals surface area contributed by atoms with Crippen LogP contribution in [0.15, 0.2) is 42.6 Å². The van der Waals surface area contributed by atoms with Crippen LogP contribution in [-0.4, -0.2) is 39.2 Å². The molecule has 1 heterocycles. The molecule has 1 aliphatic heterocycles. The molecule has 3 rings (SSSR count). The molecule has 0 saturated heterocycles. The van der Waals surface area contributed by atoms with Gasteiger partial charge in [0, 0.05) is 25.1 Å². The van der Waals surface area contributed by atoms with Gasteiger partial charge < -0.3 is 24.3 Å². The molecule has 1 N–H and O–H groups in total. The minimum absolute atomic E-state index is 0.0440. The largest absolute Gasteiger partial charge is 0.494 e. The lowest BCUT2D eigenvalue weighted by atomic mass is 9.89. The first kappa shape index (κ1) is 23.2. The second-order valence-corrected chi connectivity index (χ2v) is 7.35. The van der Waals surface area contributed by atoms with Crippen LogP contribution in [0.25, 0.3) is 5.57 Å². The molecular weight excluding hydrogens is 410 g/mol. The fraction of sp³-hybridized carbons (Fsp3) is 0.360. The van der Waals surface area contributed by atoms with Gasteiger partial charge in [-0.2, -0.15) is 0 Å². The van der Waals surface area contributed by atoms with Gasteiger partial charge in [-0.15, -0.1) is 0 Å². The smallest absolute Gasteiger partial charge is 0.302 e. The second kappa shape index (κ2) is 11.2. The van der Waals surface area contributed by atoms with Gasteiger partial charge in [0.25, 0.3) is 0 Å². The van der Waals surface area contributed by atoms with E-state index in [1.807, 2.05) is 37.3 Å². The monoisotopic (exact) mass is 439 g/mol. The Balaban J connectivity index is 1.82. The maximum Gasteiger partial charge on any atom is 0.302 e. The zero-order valence-corrected chi connectivity index (χ0v) is 18.7. The predicted molar refractivity (Wildman–Crippen MR) is 121 cm³/mol. The van der Waals surface area contributed by atoms with Crippen LogP contribution < -0.4 is 19.5 Å². The Morgan fingerprint density at radius 1 is 1.12 bits per heavy atom. The van der Waals surface area contributed by atoms with E-state index >= 15 is 0 Å². The SMILES string of the molecule is CCOc1cccc(CC2NC=C(C=O)c3cc(OCCCOC(C)=O)c(OC)cc32)c1. The van der Waals surface area contributed by atoms with Crippen molar-refractivity contribution in [1.82, 2.24) is 5.32 Å². The average molecular weight is 440 g/mol. The fourth-order valence-corrected chi connectivity index (χ4v) is 3.63. The number of hydrogen-bond acceptors (Lipinski definition) is 7. The van der Waals surface area contributed by atoms with E-state index in [0.717, 1.165) is 28.7 Å². The summed E-state index contributed by atoms with van der Waals surface area (Å²) in [6, 6.07) is 11.7. The molecule has 0 radical (unpaired) electrons. The van der Waals surface area contributed by atoms with Gasteiger partial charge in [0.05, 0.1) is 33.0 Å². The summed E-state index contributed by atoms with van der Waals surface area (Å²) >= 11 is 0. The lowest BCUT2D eigenvalue weighted by molar-refractivity contribution is -0.141. The van der Waals surface area contributed by atoms with Crippen LogP contribution in [0.3, 0.4) is 0 Å². The van der Waals surface area contributed by atoms with Crippen LogP contribution in [0.2, 0.25) is 0 Å². The maximum absolute atomic E-state index is 11.7. The molecular formula is C25H29NO6. The summed E-state index contributed by atoms with van der Waals surface area (Å²) in [7, 11) is 1.58. The standard InChI is InChI=1S/C25H29NO6/c1-4-30-20-8-5-7-18(11-20)12-23-22-14-24(29-3)25(32-10-6-9-31-17(2)28)13-21(22)19(16-27)15-26-23/h5,7-8,11,13-16,23,26H,4,6,9-10,12H2,1-3H3.